The van der Waals surface area contributed by atoms with Gasteiger partial charge in [-0.2, -0.15) is 0 Å². The summed E-state index contributed by atoms with van der Waals surface area (Å²) in [6, 6.07) is 4.78. The molecule has 0 amide bonds. The number of nitrogen functional groups attached to an aromatic ring is 1. The minimum absolute atomic E-state index is 0.154. The van der Waals surface area contributed by atoms with E-state index in [1.54, 1.807) is 12.1 Å². The number of halogens is 1. The summed E-state index contributed by atoms with van der Waals surface area (Å²) >= 11 is 0. The van der Waals surface area contributed by atoms with E-state index < -0.39 is 5.82 Å². The van der Waals surface area contributed by atoms with E-state index in [4.69, 9.17) is 15.9 Å². The third-order valence-electron chi connectivity index (χ3n) is 3.20. The van der Waals surface area contributed by atoms with Crippen molar-refractivity contribution in [2.75, 3.05) is 24.6 Å². The maximum Gasteiger partial charge on any atom is 0.136 e. The lowest BCUT2D eigenvalue weighted by molar-refractivity contribution is 0.0384. The van der Waals surface area contributed by atoms with Crippen molar-refractivity contribution in [3.8, 4) is 0 Å². The molecular weight excluding hydrogens is 233 g/mol. The van der Waals surface area contributed by atoms with Crippen LogP contribution in [-0.2, 0) is 4.74 Å². The number of hydrogen-bond donors (Lipinski definition) is 2. The van der Waals surface area contributed by atoms with Crippen molar-refractivity contribution < 1.29 is 9.13 Å². The molecule has 1 aliphatic rings. The van der Waals surface area contributed by atoms with Crippen LogP contribution in [0.4, 0.5) is 10.1 Å². The van der Waals surface area contributed by atoms with E-state index in [-0.39, 0.29) is 17.5 Å². The molecule has 5 heteroatoms. The Morgan fingerprint density at radius 2 is 2.39 bits per heavy atom. The molecule has 1 aromatic rings. The average Bonchev–Trinajstić information content (AvgIpc) is 2.38. The molecule has 1 saturated heterocycles. The number of benzene rings is 1. The zero-order valence-electron chi connectivity index (χ0n) is 10.4. The van der Waals surface area contributed by atoms with Gasteiger partial charge in [0, 0.05) is 13.1 Å². The van der Waals surface area contributed by atoms with E-state index in [1.165, 1.54) is 6.07 Å². The minimum atomic E-state index is -0.445. The lowest BCUT2D eigenvalue weighted by Gasteiger charge is -2.35. The number of nitrogens with zero attached hydrogens (tertiary/aromatic N) is 1. The van der Waals surface area contributed by atoms with E-state index in [9.17, 15) is 4.39 Å². The number of rotatable bonds is 3. The molecule has 0 spiro atoms. The van der Waals surface area contributed by atoms with Crippen LogP contribution in [0.5, 0.6) is 0 Å². The quantitative estimate of drug-likeness (QED) is 0.635. The fourth-order valence-corrected chi connectivity index (χ4v) is 2.23. The van der Waals surface area contributed by atoms with E-state index in [2.05, 4.69) is 6.92 Å². The highest BCUT2D eigenvalue weighted by molar-refractivity contribution is 6.00. The van der Waals surface area contributed by atoms with Gasteiger partial charge in [-0.1, -0.05) is 13.0 Å². The zero-order chi connectivity index (χ0) is 13.1. The molecule has 1 atom stereocenters. The first-order valence-corrected chi connectivity index (χ1v) is 6.13. The number of nitrogens with two attached hydrogens (primary N) is 1. The molecule has 1 aliphatic heterocycles. The highest BCUT2D eigenvalue weighted by atomic mass is 19.1. The Bertz CT molecular complexity index is 450. The molecule has 2 rings (SSSR count). The predicted molar refractivity (Wildman–Crippen MR) is 69.7 cm³/mol. The molecule has 98 valence electrons. The second-order valence-electron chi connectivity index (χ2n) is 4.39. The number of hydrogen-bond acceptors (Lipinski definition) is 3. The second-order valence-corrected chi connectivity index (χ2v) is 4.39. The van der Waals surface area contributed by atoms with Crippen LogP contribution in [0.3, 0.4) is 0 Å². The molecule has 0 radical (unpaired) electrons. The summed E-state index contributed by atoms with van der Waals surface area (Å²) in [6.07, 6.45) is 1.07. The Balaban J connectivity index is 2.32. The molecule has 1 unspecified atom stereocenters. The Kier molecular flexibility index (Phi) is 3.81. The first-order valence-electron chi connectivity index (χ1n) is 6.13. The molecule has 3 N–H and O–H groups in total. The number of ether oxygens (including phenoxy) is 1. The fraction of sp³-hybridized carbons (Fsp3) is 0.462. The summed E-state index contributed by atoms with van der Waals surface area (Å²) in [5.41, 5.74) is 6.35. The second kappa shape index (κ2) is 5.35. The minimum Gasteiger partial charge on any atom is -0.384 e. The van der Waals surface area contributed by atoms with Gasteiger partial charge in [0.25, 0.3) is 0 Å². The van der Waals surface area contributed by atoms with Gasteiger partial charge in [-0.15, -0.1) is 0 Å². The Morgan fingerprint density at radius 1 is 1.61 bits per heavy atom. The maximum absolute atomic E-state index is 13.8. The number of morpholine rings is 1. The summed E-state index contributed by atoms with van der Waals surface area (Å²) < 4.78 is 19.3. The van der Waals surface area contributed by atoms with Crippen molar-refractivity contribution in [2.24, 2.45) is 5.73 Å². The first kappa shape index (κ1) is 12.8. The van der Waals surface area contributed by atoms with Crippen LogP contribution in [0.25, 0.3) is 0 Å². The predicted octanol–water partition coefficient (Wildman–Crippen LogP) is 1.72. The first-order chi connectivity index (χ1) is 8.63. The van der Waals surface area contributed by atoms with Gasteiger partial charge in [-0.3, -0.25) is 5.41 Å². The number of anilines is 1. The van der Waals surface area contributed by atoms with Gasteiger partial charge in [-0.05, 0) is 18.6 Å². The van der Waals surface area contributed by atoms with Crippen molar-refractivity contribution in [3.63, 3.8) is 0 Å². The van der Waals surface area contributed by atoms with Crippen molar-refractivity contribution in [2.45, 2.75) is 19.4 Å². The molecule has 0 aliphatic carbocycles. The lowest BCUT2D eigenvalue weighted by Crippen LogP contribution is -2.43. The third kappa shape index (κ3) is 2.46. The number of nitrogens with one attached hydrogen (secondary N) is 1. The fourth-order valence-electron chi connectivity index (χ4n) is 2.23. The normalized spacial score (nSPS) is 19.9. The molecule has 1 heterocycles. The largest absolute Gasteiger partial charge is 0.384 e. The van der Waals surface area contributed by atoms with Crippen LogP contribution < -0.4 is 10.6 Å². The summed E-state index contributed by atoms with van der Waals surface area (Å²) in [5.74, 6) is -0.679. The van der Waals surface area contributed by atoms with Gasteiger partial charge in [0.1, 0.15) is 11.7 Å². The monoisotopic (exact) mass is 251 g/mol. The SMILES string of the molecule is CCC1CN(c2cccc(F)c2C(=N)N)CCO1. The summed E-state index contributed by atoms with van der Waals surface area (Å²) in [6.45, 7) is 4.08. The lowest BCUT2D eigenvalue weighted by atomic mass is 10.1. The highest BCUT2D eigenvalue weighted by Gasteiger charge is 2.23. The van der Waals surface area contributed by atoms with Crippen LogP contribution in [0.1, 0.15) is 18.9 Å². The van der Waals surface area contributed by atoms with Crippen molar-refractivity contribution in [1.82, 2.24) is 0 Å². The Labute approximate surface area is 106 Å². The third-order valence-corrected chi connectivity index (χ3v) is 3.20. The standard InChI is InChI=1S/C13H18FN3O/c1-2-9-8-17(6-7-18-9)11-5-3-4-10(14)12(11)13(15)16/h3-5,9H,2,6-8H2,1H3,(H3,15,16). The number of amidine groups is 1. The maximum atomic E-state index is 13.8. The summed E-state index contributed by atoms with van der Waals surface area (Å²) in [7, 11) is 0. The molecule has 0 bridgehead atoms. The molecule has 1 fully saturated rings. The Hall–Kier alpha value is -1.62. The smallest absolute Gasteiger partial charge is 0.136 e. The van der Waals surface area contributed by atoms with Crippen LogP contribution in [-0.4, -0.2) is 31.6 Å². The van der Waals surface area contributed by atoms with Crippen molar-refractivity contribution in [1.29, 1.82) is 5.41 Å². The van der Waals surface area contributed by atoms with Crippen LogP contribution in [0.2, 0.25) is 0 Å². The molecule has 1 aromatic carbocycles. The summed E-state index contributed by atoms with van der Waals surface area (Å²) in [4.78, 5) is 2.04. The Morgan fingerprint density at radius 3 is 3.06 bits per heavy atom. The van der Waals surface area contributed by atoms with Gasteiger partial charge in [0.2, 0.25) is 0 Å². The summed E-state index contributed by atoms with van der Waals surface area (Å²) in [5, 5.41) is 7.51. The molecule has 18 heavy (non-hydrogen) atoms. The van der Waals surface area contributed by atoms with Gasteiger partial charge < -0.3 is 15.4 Å². The van der Waals surface area contributed by atoms with Crippen molar-refractivity contribution >= 4 is 11.5 Å². The molecule has 4 nitrogen and oxygen atoms in total. The van der Waals surface area contributed by atoms with Gasteiger partial charge in [-0.25, -0.2) is 4.39 Å². The highest BCUT2D eigenvalue weighted by Crippen LogP contribution is 2.25. The molecule has 0 aromatic heterocycles. The topological polar surface area (TPSA) is 62.3 Å². The molecular formula is C13H18FN3O. The van der Waals surface area contributed by atoms with Crippen LogP contribution in [0, 0.1) is 11.2 Å². The average molecular weight is 251 g/mol. The van der Waals surface area contributed by atoms with Gasteiger partial charge >= 0.3 is 0 Å². The van der Waals surface area contributed by atoms with Crippen molar-refractivity contribution in [3.05, 3.63) is 29.6 Å². The molecule has 0 saturated carbocycles. The van der Waals surface area contributed by atoms with Gasteiger partial charge in [0.15, 0.2) is 0 Å². The van der Waals surface area contributed by atoms with E-state index >= 15 is 0 Å². The van der Waals surface area contributed by atoms with Crippen LogP contribution >= 0.6 is 0 Å². The zero-order valence-corrected chi connectivity index (χ0v) is 10.4. The van der Waals surface area contributed by atoms with E-state index in [0.717, 1.165) is 6.42 Å². The van der Waals surface area contributed by atoms with Crippen LogP contribution in [0.15, 0.2) is 18.2 Å². The van der Waals surface area contributed by atoms with E-state index in [0.29, 0.717) is 25.4 Å². The van der Waals surface area contributed by atoms with Gasteiger partial charge in [0.05, 0.1) is 24.0 Å². The van der Waals surface area contributed by atoms with E-state index in [1.807, 2.05) is 4.90 Å².